The van der Waals surface area contributed by atoms with Gasteiger partial charge in [-0.05, 0) is 24.6 Å². The van der Waals surface area contributed by atoms with Crippen molar-refractivity contribution in [3.8, 4) is 11.5 Å². The molecule has 0 heterocycles. The molecular weight excluding hydrogens is 224 g/mol. The summed E-state index contributed by atoms with van der Waals surface area (Å²) in [4.78, 5) is 0. The van der Waals surface area contributed by atoms with Crippen LogP contribution in [0.15, 0.2) is 42.5 Å². The van der Waals surface area contributed by atoms with Gasteiger partial charge in [0.05, 0.1) is 14.2 Å². The summed E-state index contributed by atoms with van der Waals surface area (Å²) < 4.78 is 10.8. The SMILES string of the molecule is COc1cccc(OC)c1Cc1cccc(C)c1. The molecule has 0 N–H and O–H groups in total. The minimum absolute atomic E-state index is 0.814. The summed E-state index contributed by atoms with van der Waals surface area (Å²) in [6.07, 6.45) is 0.814. The largest absolute Gasteiger partial charge is 0.496 e. The van der Waals surface area contributed by atoms with Crippen LogP contribution in [0.2, 0.25) is 0 Å². The van der Waals surface area contributed by atoms with Gasteiger partial charge in [-0.2, -0.15) is 0 Å². The predicted molar refractivity (Wildman–Crippen MR) is 73.5 cm³/mol. The topological polar surface area (TPSA) is 18.5 Å². The molecule has 18 heavy (non-hydrogen) atoms. The number of hydrogen-bond acceptors (Lipinski definition) is 2. The molecule has 0 saturated carbocycles. The molecular formula is C16H18O2. The minimum atomic E-state index is 0.814. The Kier molecular flexibility index (Phi) is 3.88. The molecule has 2 aromatic carbocycles. The van der Waals surface area contributed by atoms with Crippen molar-refractivity contribution >= 4 is 0 Å². The maximum atomic E-state index is 5.41. The van der Waals surface area contributed by atoms with Gasteiger partial charge in [0.25, 0.3) is 0 Å². The second-order valence-corrected chi connectivity index (χ2v) is 4.31. The Balaban J connectivity index is 2.38. The zero-order chi connectivity index (χ0) is 13.0. The number of benzene rings is 2. The Morgan fingerprint density at radius 3 is 2.06 bits per heavy atom. The van der Waals surface area contributed by atoms with Gasteiger partial charge >= 0.3 is 0 Å². The van der Waals surface area contributed by atoms with Crippen molar-refractivity contribution in [2.24, 2.45) is 0 Å². The molecule has 0 saturated heterocycles. The van der Waals surface area contributed by atoms with E-state index in [9.17, 15) is 0 Å². The first kappa shape index (κ1) is 12.5. The molecule has 2 heteroatoms. The molecule has 0 aliphatic carbocycles. The molecule has 0 aromatic heterocycles. The maximum absolute atomic E-state index is 5.41. The molecule has 94 valence electrons. The van der Waals surface area contributed by atoms with Crippen LogP contribution in [0, 0.1) is 6.92 Å². The molecule has 0 radical (unpaired) electrons. The van der Waals surface area contributed by atoms with Gasteiger partial charge in [-0.15, -0.1) is 0 Å². The van der Waals surface area contributed by atoms with Crippen LogP contribution in [0.3, 0.4) is 0 Å². The number of methoxy groups -OCH3 is 2. The fourth-order valence-corrected chi connectivity index (χ4v) is 2.13. The Hall–Kier alpha value is -1.96. The van der Waals surface area contributed by atoms with Crippen LogP contribution in [-0.2, 0) is 6.42 Å². The van der Waals surface area contributed by atoms with Gasteiger partial charge in [0, 0.05) is 12.0 Å². The van der Waals surface area contributed by atoms with E-state index in [1.54, 1.807) is 14.2 Å². The molecule has 0 aliphatic heterocycles. The molecule has 0 fully saturated rings. The first-order valence-electron chi connectivity index (χ1n) is 6.00. The molecule has 0 aliphatic rings. The van der Waals surface area contributed by atoms with Gasteiger partial charge in [-0.3, -0.25) is 0 Å². The van der Waals surface area contributed by atoms with Gasteiger partial charge < -0.3 is 9.47 Å². The minimum Gasteiger partial charge on any atom is -0.496 e. The summed E-state index contributed by atoms with van der Waals surface area (Å²) in [7, 11) is 3.38. The van der Waals surface area contributed by atoms with E-state index in [0.717, 1.165) is 23.5 Å². The normalized spacial score (nSPS) is 10.2. The Morgan fingerprint density at radius 1 is 0.889 bits per heavy atom. The van der Waals surface area contributed by atoms with Crippen molar-refractivity contribution in [1.29, 1.82) is 0 Å². The first-order valence-corrected chi connectivity index (χ1v) is 6.00. The van der Waals surface area contributed by atoms with Crippen LogP contribution >= 0.6 is 0 Å². The van der Waals surface area contributed by atoms with Crippen LogP contribution in [0.25, 0.3) is 0 Å². The molecule has 0 unspecified atom stereocenters. The lowest BCUT2D eigenvalue weighted by Gasteiger charge is -2.13. The highest BCUT2D eigenvalue weighted by Gasteiger charge is 2.10. The molecule has 0 amide bonds. The van der Waals surface area contributed by atoms with E-state index in [2.05, 4.69) is 31.2 Å². The number of ether oxygens (including phenoxy) is 2. The van der Waals surface area contributed by atoms with E-state index in [-0.39, 0.29) is 0 Å². The van der Waals surface area contributed by atoms with E-state index in [0.29, 0.717) is 0 Å². The fraction of sp³-hybridized carbons (Fsp3) is 0.250. The molecule has 2 nitrogen and oxygen atoms in total. The third kappa shape index (κ3) is 2.65. The lowest BCUT2D eigenvalue weighted by molar-refractivity contribution is 0.387. The van der Waals surface area contributed by atoms with Crippen molar-refractivity contribution in [3.05, 3.63) is 59.2 Å². The van der Waals surface area contributed by atoms with Gasteiger partial charge in [-0.25, -0.2) is 0 Å². The summed E-state index contributed by atoms with van der Waals surface area (Å²) in [5.74, 6) is 1.74. The summed E-state index contributed by atoms with van der Waals surface area (Å²) in [5.41, 5.74) is 3.62. The van der Waals surface area contributed by atoms with Crippen molar-refractivity contribution in [1.82, 2.24) is 0 Å². The molecule has 2 aromatic rings. The Morgan fingerprint density at radius 2 is 1.50 bits per heavy atom. The van der Waals surface area contributed by atoms with E-state index in [4.69, 9.17) is 9.47 Å². The predicted octanol–water partition coefficient (Wildman–Crippen LogP) is 3.60. The molecule has 0 bridgehead atoms. The average molecular weight is 242 g/mol. The summed E-state index contributed by atoms with van der Waals surface area (Å²) in [6, 6.07) is 14.4. The highest BCUT2D eigenvalue weighted by molar-refractivity contribution is 5.47. The second-order valence-electron chi connectivity index (χ2n) is 4.31. The van der Waals surface area contributed by atoms with Crippen LogP contribution in [-0.4, -0.2) is 14.2 Å². The number of rotatable bonds is 4. The van der Waals surface area contributed by atoms with Crippen molar-refractivity contribution in [2.75, 3.05) is 14.2 Å². The lowest BCUT2D eigenvalue weighted by atomic mass is 10.0. The van der Waals surface area contributed by atoms with E-state index >= 15 is 0 Å². The third-order valence-electron chi connectivity index (χ3n) is 2.99. The first-order chi connectivity index (χ1) is 8.74. The van der Waals surface area contributed by atoms with Gasteiger partial charge in [-0.1, -0.05) is 35.9 Å². The monoisotopic (exact) mass is 242 g/mol. The quantitative estimate of drug-likeness (QED) is 0.815. The van der Waals surface area contributed by atoms with E-state index < -0.39 is 0 Å². The maximum Gasteiger partial charge on any atom is 0.126 e. The van der Waals surface area contributed by atoms with Gasteiger partial charge in [0.1, 0.15) is 11.5 Å². The highest BCUT2D eigenvalue weighted by atomic mass is 16.5. The average Bonchev–Trinajstić information content (AvgIpc) is 2.39. The van der Waals surface area contributed by atoms with Gasteiger partial charge in [0.15, 0.2) is 0 Å². The summed E-state index contributed by atoms with van der Waals surface area (Å²) in [5, 5.41) is 0. The van der Waals surface area contributed by atoms with Crippen LogP contribution in [0.1, 0.15) is 16.7 Å². The summed E-state index contributed by atoms with van der Waals surface area (Å²) >= 11 is 0. The highest BCUT2D eigenvalue weighted by Crippen LogP contribution is 2.30. The number of aryl methyl sites for hydroxylation is 1. The third-order valence-corrected chi connectivity index (χ3v) is 2.99. The second kappa shape index (κ2) is 5.58. The Labute approximate surface area is 108 Å². The summed E-state index contributed by atoms with van der Waals surface area (Å²) in [6.45, 7) is 2.10. The zero-order valence-electron chi connectivity index (χ0n) is 11.1. The lowest BCUT2D eigenvalue weighted by Crippen LogP contribution is -1.98. The van der Waals surface area contributed by atoms with Gasteiger partial charge in [0.2, 0.25) is 0 Å². The van der Waals surface area contributed by atoms with Crippen molar-refractivity contribution < 1.29 is 9.47 Å². The zero-order valence-corrected chi connectivity index (χ0v) is 11.1. The molecule has 2 rings (SSSR count). The number of hydrogen-bond donors (Lipinski definition) is 0. The van der Waals surface area contributed by atoms with Crippen molar-refractivity contribution in [3.63, 3.8) is 0 Å². The van der Waals surface area contributed by atoms with Crippen molar-refractivity contribution in [2.45, 2.75) is 13.3 Å². The van der Waals surface area contributed by atoms with E-state index in [1.807, 2.05) is 18.2 Å². The standard InChI is InChI=1S/C16H18O2/c1-12-6-4-7-13(10-12)11-14-15(17-2)8-5-9-16(14)18-3/h4-10H,11H2,1-3H3. The molecule has 0 spiro atoms. The fourth-order valence-electron chi connectivity index (χ4n) is 2.13. The Bertz CT molecular complexity index is 510. The van der Waals surface area contributed by atoms with Crippen LogP contribution < -0.4 is 9.47 Å². The molecule has 0 atom stereocenters. The van der Waals surface area contributed by atoms with Crippen LogP contribution in [0.4, 0.5) is 0 Å². The smallest absolute Gasteiger partial charge is 0.126 e. The van der Waals surface area contributed by atoms with Crippen LogP contribution in [0.5, 0.6) is 11.5 Å². The van der Waals surface area contributed by atoms with E-state index in [1.165, 1.54) is 11.1 Å².